The first-order valence-corrected chi connectivity index (χ1v) is 8.97. The molecule has 0 saturated carbocycles. The third-order valence-corrected chi connectivity index (χ3v) is 4.55. The summed E-state index contributed by atoms with van der Waals surface area (Å²) in [5.41, 5.74) is -2.77. The second-order valence-corrected chi connectivity index (χ2v) is 7.95. The molecule has 0 bridgehead atoms. The first-order chi connectivity index (χ1) is 13.7. The summed E-state index contributed by atoms with van der Waals surface area (Å²) in [7, 11) is 0. The van der Waals surface area contributed by atoms with Gasteiger partial charge in [0.2, 0.25) is 0 Å². The van der Waals surface area contributed by atoms with Gasteiger partial charge in [0.25, 0.3) is 5.78 Å². The van der Waals surface area contributed by atoms with Crippen LogP contribution in [0.25, 0.3) is 21.7 Å². The first-order valence-electron chi connectivity index (χ1n) is 8.97. The molecule has 9 heteroatoms. The zero-order valence-electron chi connectivity index (χ0n) is 16.3. The van der Waals surface area contributed by atoms with E-state index < -0.39 is 40.2 Å². The minimum Gasteiger partial charge on any atom is -0.308 e. The Balaban J connectivity index is 2.40. The molecule has 1 N–H and O–H groups in total. The lowest BCUT2D eigenvalue weighted by atomic mass is 9.93. The monoisotopic (exact) mass is 428 g/mol. The molecule has 0 saturated heterocycles. The predicted octanol–water partition coefficient (Wildman–Crippen LogP) is 6.04. The third kappa shape index (κ3) is 4.26. The van der Waals surface area contributed by atoms with Crippen LogP contribution in [-0.4, -0.2) is 22.5 Å². The number of rotatable bonds is 3. The number of hydrogen-bond acceptors (Lipinski definition) is 3. The van der Waals surface area contributed by atoms with Gasteiger partial charge in [0.1, 0.15) is 0 Å². The number of carbonyl (C=O) groups excluding carboxylic acids is 1. The van der Waals surface area contributed by atoms with Gasteiger partial charge >= 0.3 is 12.4 Å². The van der Waals surface area contributed by atoms with Crippen LogP contribution < -0.4 is 5.32 Å². The van der Waals surface area contributed by atoms with Crippen molar-refractivity contribution < 1.29 is 31.1 Å². The first kappa shape index (κ1) is 22.0. The smallest absolute Gasteiger partial charge is 0.308 e. The zero-order chi connectivity index (χ0) is 22.5. The maximum absolute atomic E-state index is 14.0. The molecule has 3 aromatic rings. The van der Waals surface area contributed by atoms with Gasteiger partial charge < -0.3 is 5.32 Å². The molecule has 160 valence electrons. The fraction of sp³-hybridized carbons (Fsp3) is 0.333. The molecular formula is C21H18F6N2O. The van der Waals surface area contributed by atoms with Gasteiger partial charge in [-0.25, -0.2) is 0 Å². The summed E-state index contributed by atoms with van der Waals surface area (Å²) in [6.45, 7) is 5.10. The van der Waals surface area contributed by atoms with Crippen molar-refractivity contribution in [3.8, 4) is 0 Å². The fourth-order valence-electron chi connectivity index (χ4n) is 3.24. The lowest BCUT2D eigenvalue weighted by molar-refractivity contribution is -0.137. The van der Waals surface area contributed by atoms with E-state index >= 15 is 0 Å². The van der Waals surface area contributed by atoms with Crippen LogP contribution in [-0.2, 0) is 12.7 Å². The molecule has 2 aromatic carbocycles. The summed E-state index contributed by atoms with van der Waals surface area (Å²) in [6.07, 6.45) is -9.02. The average molecular weight is 428 g/mol. The quantitative estimate of drug-likeness (QED) is 0.314. The number of hydrogen-bond donors (Lipinski definition) is 1. The van der Waals surface area contributed by atoms with Crippen molar-refractivity contribution in [2.24, 2.45) is 0 Å². The highest BCUT2D eigenvalue weighted by Gasteiger charge is 2.41. The number of Topliss-reactive ketones (excluding diaryl/α,β-unsaturated/α-hetero) is 1. The maximum atomic E-state index is 14.0. The van der Waals surface area contributed by atoms with Gasteiger partial charge in [-0.15, -0.1) is 0 Å². The Morgan fingerprint density at radius 2 is 1.57 bits per heavy atom. The summed E-state index contributed by atoms with van der Waals surface area (Å²) in [5.74, 6) is -2.20. The number of fused-ring (bicyclic) bond motifs is 3. The third-order valence-electron chi connectivity index (χ3n) is 4.55. The van der Waals surface area contributed by atoms with E-state index in [1.165, 1.54) is 24.3 Å². The van der Waals surface area contributed by atoms with Crippen molar-refractivity contribution in [2.45, 2.75) is 45.2 Å². The molecule has 3 nitrogen and oxygen atoms in total. The number of pyridine rings is 1. The lowest BCUT2D eigenvalue weighted by Crippen LogP contribution is -2.35. The Bertz CT molecular complexity index is 1130. The normalized spacial score (nSPS) is 13.2. The summed E-state index contributed by atoms with van der Waals surface area (Å²) in [4.78, 5) is 16.1. The van der Waals surface area contributed by atoms with Gasteiger partial charge in [0, 0.05) is 34.6 Å². The SMILES string of the molecule is CC(C)(C)NCc1cnc2c(cc(C(=O)C(F)(F)F)c3ccccc32)c1C(F)(F)F. The number of ketones is 1. The van der Waals surface area contributed by atoms with E-state index in [1.807, 2.05) is 0 Å². The largest absolute Gasteiger partial charge is 0.454 e. The van der Waals surface area contributed by atoms with Crippen LogP contribution in [0, 0.1) is 0 Å². The van der Waals surface area contributed by atoms with E-state index in [0.717, 1.165) is 6.20 Å². The minimum absolute atomic E-state index is 0.0448. The van der Waals surface area contributed by atoms with E-state index in [4.69, 9.17) is 0 Å². The van der Waals surface area contributed by atoms with Crippen molar-refractivity contribution in [1.82, 2.24) is 10.3 Å². The van der Waals surface area contributed by atoms with Crippen molar-refractivity contribution in [3.63, 3.8) is 0 Å². The van der Waals surface area contributed by atoms with Crippen molar-refractivity contribution in [1.29, 1.82) is 0 Å². The zero-order valence-corrected chi connectivity index (χ0v) is 16.3. The van der Waals surface area contributed by atoms with Crippen LogP contribution in [0.1, 0.15) is 42.3 Å². The average Bonchev–Trinajstić information content (AvgIpc) is 2.62. The van der Waals surface area contributed by atoms with Crippen LogP contribution in [0.4, 0.5) is 26.3 Å². The highest BCUT2D eigenvalue weighted by atomic mass is 19.4. The van der Waals surface area contributed by atoms with Gasteiger partial charge in [0.15, 0.2) is 0 Å². The molecule has 0 atom stereocenters. The molecule has 0 aliphatic heterocycles. The Morgan fingerprint density at radius 1 is 0.967 bits per heavy atom. The standard InChI is InChI=1S/C21H18F6N2O/c1-19(2,3)29-10-11-9-28-17-13-7-5-4-6-12(13)14(18(30)21(25,26)27)8-15(17)16(11)20(22,23)24/h4-9,29H,10H2,1-3H3. The second-order valence-electron chi connectivity index (χ2n) is 7.95. The van der Waals surface area contributed by atoms with Crippen LogP contribution in [0.2, 0.25) is 0 Å². The van der Waals surface area contributed by atoms with Crippen molar-refractivity contribution >= 4 is 27.5 Å². The molecule has 0 amide bonds. The highest BCUT2D eigenvalue weighted by Crippen LogP contribution is 2.40. The van der Waals surface area contributed by atoms with E-state index in [2.05, 4.69) is 10.3 Å². The molecule has 0 radical (unpaired) electrons. The number of nitrogens with one attached hydrogen (secondary N) is 1. The Labute approximate surface area is 168 Å². The number of halogens is 6. The van der Waals surface area contributed by atoms with Crippen LogP contribution >= 0.6 is 0 Å². The topological polar surface area (TPSA) is 42.0 Å². The Kier molecular flexibility index (Phi) is 5.30. The van der Waals surface area contributed by atoms with Crippen molar-refractivity contribution in [3.05, 3.63) is 53.2 Å². The number of carbonyl (C=O) groups is 1. The molecule has 0 aliphatic carbocycles. The molecule has 0 unspecified atom stereocenters. The van der Waals surface area contributed by atoms with Gasteiger partial charge in [-0.3, -0.25) is 9.78 Å². The van der Waals surface area contributed by atoms with Crippen LogP contribution in [0.5, 0.6) is 0 Å². The molecule has 3 rings (SSSR count). The molecule has 0 spiro atoms. The molecule has 1 heterocycles. The maximum Gasteiger partial charge on any atom is 0.454 e. The molecule has 1 aromatic heterocycles. The Morgan fingerprint density at radius 3 is 2.10 bits per heavy atom. The Hall–Kier alpha value is -2.68. The van der Waals surface area contributed by atoms with E-state index in [1.54, 1.807) is 20.8 Å². The summed E-state index contributed by atoms with van der Waals surface area (Å²) in [6, 6.07) is 6.15. The molecule has 0 aliphatic rings. The molecular weight excluding hydrogens is 410 g/mol. The van der Waals surface area contributed by atoms with Gasteiger partial charge in [0.05, 0.1) is 11.1 Å². The number of benzene rings is 2. The van der Waals surface area contributed by atoms with E-state index in [-0.39, 0.29) is 28.4 Å². The summed E-state index contributed by atoms with van der Waals surface area (Å²) < 4.78 is 81.4. The van der Waals surface area contributed by atoms with E-state index in [0.29, 0.717) is 6.07 Å². The predicted molar refractivity (Wildman–Crippen MR) is 101 cm³/mol. The fourth-order valence-corrected chi connectivity index (χ4v) is 3.24. The van der Waals surface area contributed by atoms with Gasteiger partial charge in [-0.1, -0.05) is 24.3 Å². The van der Waals surface area contributed by atoms with Crippen LogP contribution in [0.15, 0.2) is 36.5 Å². The number of aromatic nitrogens is 1. The lowest BCUT2D eigenvalue weighted by Gasteiger charge is -2.23. The minimum atomic E-state index is -5.23. The second kappa shape index (κ2) is 7.23. The van der Waals surface area contributed by atoms with E-state index in [9.17, 15) is 31.1 Å². The highest BCUT2D eigenvalue weighted by molar-refractivity contribution is 6.18. The number of alkyl halides is 6. The van der Waals surface area contributed by atoms with Gasteiger partial charge in [-0.05, 0) is 37.8 Å². The molecule has 30 heavy (non-hydrogen) atoms. The number of nitrogens with zero attached hydrogens (tertiary/aromatic N) is 1. The summed E-state index contributed by atoms with van der Waals surface area (Å²) in [5, 5.41) is 2.33. The van der Waals surface area contributed by atoms with Crippen LogP contribution in [0.3, 0.4) is 0 Å². The molecule has 0 fully saturated rings. The van der Waals surface area contributed by atoms with Gasteiger partial charge in [-0.2, -0.15) is 26.3 Å². The summed E-state index contributed by atoms with van der Waals surface area (Å²) >= 11 is 0. The van der Waals surface area contributed by atoms with Crippen molar-refractivity contribution in [2.75, 3.05) is 0 Å².